The number of carbonyl (C=O) groups excluding carboxylic acids is 1. The van der Waals surface area contributed by atoms with E-state index in [9.17, 15) is 4.79 Å². The first-order valence-corrected chi connectivity index (χ1v) is 8.38. The molecule has 3 aromatic rings. The Hall–Kier alpha value is -2.64. The van der Waals surface area contributed by atoms with Crippen molar-refractivity contribution >= 4 is 22.4 Å². The zero-order valence-electron chi connectivity index (χ0n) is 12.7. The summed E-state index contributed by atoms with van der Waals surface area (Å²) < 4.78 is 5.44. The van der Waals surface area contributed by atoms with Gasteiger partial charge < -0.3 is 4.74 Å². The average molecular weight is 338 g/mol. The minimum absolute atomic E-state index is 0.169. The highest BCUT2D eigenvalue weighted by Gasteiger charge is 2.19. The van der Waals surface area contributed by atoms with Crippen molar-refractivity contribution in [2.75, 3.05) is 11.9 Å². The SMILES string of the molecule is O=C(Nc1nnc(-c2ccccn2)s1)c1cccc2c1CCOC2. The molecule has 1 amide bonds. The number of aromatic nitrogens is 3. The van der Waals surface area contributed by atoms with Gasteiger partial charge in [-0.05, 0) is 35.7 Å². The lowest BCUT2D eigenvalue weighted by molar-refractivity contribution is 0.100. The van der Waals surface area contributed by atoms with Crippen LogP contribution in [0.4, 0.5) is 5.13 Å². The molecule has 3 heterocycles. The molecular weight excluding hydrogens is 324 g/mol. The van der Waals surface area contributed by atoms with Gasteiger partial charge in [0.05, 0.1) is 13.2 Å². The van der Waals surface area contributed by atoms with E-state index in [1.165, 1.54) is 11.3 Å². The number of nitrogens with one attached hydrogen (secondary N) is 1. The molecule has 0 radical (unpaired) electrons. The summed E-state index contributed by atoms with van der Waals surface area (Å²) in [6, 6.07) is 11.3. The van der Waals surface area contributed by atoms with Crippen LogP contribution < -0.4 is 5.32 Å². The van der Waals surface area contributed by atoms with Crippen LogP contribution >= 0.6 is 11.3 Å². The van der Waals surface area contributed by atoms with Gasteiger partial charge in [-0.15, -0.1) is 10.2 Å². The van der Waals surface area contributed by atoms with Gasteiger partial charge in [-0.25, -0.2) is 0 Å². The summed E-state index contributed by atoms with van der Waals surface area (Å²) in [7, 11) is 0. The fourth-order valence-corrected chi connectivity index (χ4v) is 3.38. The zero-order valence-corrected chi connectivity index (χ0v) is 13.5. The van der Waals surface area contributed by atoms with Gasteiger partial charge in [-0.2, -0.15) is 0 Å². The molecule has 4 rings (SSSR count). The number of hydrogen-bond acceptors (Lipinski definition) is 6. The van der Waals surface area contributed by atoms with Crippen LogP contribution in [0.1, 0.15) is 21.5 Å². The second-order valence-electron chi connectivity index (χ2n) is 5.33. The van der Waals surface area contributed by atoms with Crippen molar-refractivity contribution < 1.29 is 9.53 Å². The molecule has 0 bridgehead atoms. The predicted molar refractivity (Wildman–Crippen MR) is 90.9 cm³/mol. The fraction of sp³-hybridized carbons (Fsp3) is 0.176. The van der Waals surface area contributed by atoms with Crippen molar-refractivity contribution in [3.05, 3.63) is 59.3 Å². The molecule has 24 heavy (non-hydrogen) atoms. The van der Waals surface area contributed by atoms with Gasteiger partial charge in [-0.3, -0.25) is 15.1 Å². The summed E-state index contributed by atoms with van der Waals surface area (Å²) in [5, 5.41) is 12.1. The highest BCUT2D eigenvalue weighted by molar-refractivity contribution is 7.18. The molecule has 0 saturated heterocycles. The van der Waals surface area contributed by atoms with E-state index in [0.717, 1.165) is 23.2 Å². The Morgan fingerprint density at radius 2 is 2.12 bits per heavy atom. The molecule has 0 atom stereocenters. The lowest BCUT2D eigenvalue weighted by Gasteiger charge is -2.19. The normalized spacial score (nSPS) is 13.3. The van der Waals surface area contributed by atoms with Gasteiger partial charge in [0.2, 0.25) is 5.13 Å². The Labute approximate surface area is 142 Å². The van der Waals surface area contributed by atoms with Gasteiger partial charge in [0.1, 0.15) is 5.69 Å². The van der Waals surface area contributed by atoms with E-state index in [-0.39, 0.29) is 5.91 Å². The lowest BCUT2D eigenvalue weighted by atomic mass is 9.97. The Morgan fingerprint density at radius 1 is 1.17 bits per heavy atom. The van der Waals surface area contributed by atoms with Crippen molar-refractivity contribution in [2.45, 2.75) is 13.0 Å². The third-order valence-corrected chi connectivity index (χ3v) is 4.66. The number of nitrogens with zero attached hydrogens (tertiary/aromatic N) is 3. The molecule has 1 aromatic carbocycles. The number of benzene rings is 1. The molecule has 2 aromatic heterocycles. The second-order valence-corrected chi connectivity index (χ2v) is 6.30. The summed E-state index contributed by atoms with van der Waals surface area (Å²) in [5.74, 6) is -0.169. The molecule has 7 heteroatoms. The number of rotatable bonds is 3. The van der Waals surface area contributed by atoms with Crippen LogP contribution in [0.5, 0.6) is 0 Å². The smallest absolute Gasteiger partial charge is 0.257 e. The van der Waals surface area contributed by atoms with Crippen LogP contribution in [0.25, 0.3) is 10.7 Å². The monoisotopic (exact) mass is 338 g/mol. The lowest BCUT2D eigenvalue weighted by Crippen LogP contribution is -2.19. The molecule has 0 saturated carbocycles. The summed E-state index contributed by atoms with van der Waals surface area (Å²) in [6.45, 7) is 1.19. The van der Waals surface area contributed by atoms with Crippen molar-refractivity contribution in [1.29, 1.82) is 0 Å². The number of ether oxygens (including phenoxy) is 1. The summed E-state index contributed by atoms with van der Waals surface area (Å²) >= 11 is 1.31. The first-order chi connectivity index (χ1) is 11.8. The molecule has 120 valence electrons. The van der Waals surface area contributed by atoms with Crippen LogP contribution in [-0.2, 0) is 17.8 Å². The Balaban J connectivity index is 1.56. The standard InChI is InChI=1S/C17H14N4O2S/c22-15(13-5-3-4-11-10-23-9-7-12(11)13)19-17-21-20-16(24-17)14-6-1-2-8-18-14/h1-6,8H,7,9-10H2,(H,19,21,22). The molecule has 0 fully saturated rings. The Bertz CT molecular complexity index is 879. The minimum atomic E-state index is -0.169. The highest BCUT2D eigenvalue weighted by Crippen LogP contribution is 2.26. The van der Waals surface area contributed by atoms with Gasteiger partial charge in [0.15, 0.2) is 5.01 Å². The fourth-order valence-electron chi connectivity index (χ4n) is 2.67. The molecule has 0 spiro atoms. The molecule has 0 unspecified atom stereocenters. The largest absolute Gasteiger partial charge is 0.376 e. The van der Waals surface area contributed by atoms with Crippen LogP contribution in [0, 0.1) is 0 Å². The summed E-state index contributed by atoms with van der Waals surface area (Å²) in [4.78, 5) is 16.8. The van der Waals surface area contributed by atoms with Gasteiger partial charge in [0.25, 0.3) is 5.91 Å². The maximum atomic E-state index is 12.6. The van der Waals surface area contributed by atoms with Gasteiger partial charge >= 0.3 is 0 Å². The Kier molecular flexibility index (Phi) is 4.02. The van der Waals surface area contributed by atoms with E-state index in [2.05, 4.69) is 20.5 Å². The molecule has 1 N–H and O–H groups in total. The van der Waals surface area contributed by atoms with E-state index in [0.29, 0.717) is 28.9 Å². The van der Waals surface area contributed by atoms with E-state index >= 15 is 0 Å². The first-order valence-electron chi connectivity index (χ1n) is 7.56. The number of fused-ring (bicyclic) bond motifs is 1. The quantitative estimate of drug-likeness (QED) is 0.794. The first kappa shape index (κ1) is 14.9. The van der Waals surface area contributed by atoms with Crippen LogP contribution in [-0.4, -0.2) is 27.7 Å². The number of amides is 1. The van der Waals surface area contributed by atoms with Crippen LogP contribution in [0.15, 0.2) is 42.6 Å². The van der Waals surface area contributed by atoms with Crippen molar-refractivity contribution in [3.63, 3.8) is 0 Å². The maximum Gasteiger partial charge on any atom is 0.257 e. The number of anilines is 1. The zero-order chi connectivity index (χ0) is 16.4. The third kappa shape index (κ3) is 2.91. The Morgan fingerprint density at radius 3 is 3.00 bits per heavy atom. The number of hydrogen-bond donors (Lipinski definition) is 1. The highest BCUT2D eigenvalue weighted by atomic mass is 32.1. The molecule has 0 aliphatic carbocycles. The van der Waals surface area contributed by atoms with Crippen molar-refractivity contribution in [3.8, 4) is 10.7 Å². The summed E-state index contributed by atoms with van der Waals surface area (Å²) in [5.41, 5.74) is 3.53. The van der Waals surface area contributed by atoms with Crippen LogP contribution in [0.3, 0.4) is 0 Å². The predicted octanol–water partition coefficient (Wildman–Crippen LogP) is 2.93. The molecule has 1 aliphatic rings. The average Bonchev–Trinajstić information content (AvgIpc) is 3.10. The van der Waals surface area contributed by atoms with Crippen LogP contribution in [0.2, 0.25) is 0 Å². The topological polar surface area (TPSA) is 77.0 Å². The molecule has 6 nitrogen and oxygen atoms in total. The molecule has 1 aliphatic heterocycles. The van der Waals surface area contributed by atoms with Gasteiger partial charge in [-0.1, -0.05) is 29.5 Å². The van der Waals surface area contributed by atoms with Gasteiger partial charge in [0, 0.05) is 11.8 Å². The van der Waals surface area contributed by atoms with Crippen molar-refractivity contribution in [1.82, 2.24) is 15.2 Å². The van der Waals surface area contributed by atoms with E-state index in [1.807, 2.05) is 36.4 Å². The van der Waals surface area contributed by atoms with E-state index < -0.39 is 0 Å². The van der Waals surface area contributed by atoms with Crippen molar-refractivity contribution in [2.24, 2.45) is 0 Å². The maximum absolute atomic E-state index is 12.6. The second kappa shape index (κ2) is 6.46. The van der Waals surface area contributed by atoms with E-state index in [4.69, 9.17) is 4.74 Å². The van der Waals surface area contributed by atoms with E-state index in [1.54, 1.807) is 6.20 Å². The number of carbonyl (C=O) groups is 1. The summed E-state index contributed by atoms with van der Waals surface area (Å²) in [6.07, 6.45) is 2.45. The third-order valence-electron chi connectivity index (χ3n) is 3.80. The molecular formula is C17H14N4O2S. The number of pyridine rings is 1. The minimum Gasteiger partial charge on any atom is -0.376 e.